The van der Waals surface area contributed by atoms with Gasteiger partial charge in [-0.1, -0.05) is 25.7 Å². The molecule has 0 amide bonds. The fourth-order valence-electron chi connectivity index (χ4n) is 17.9. The number of esters is 2. The summed E-state index contributed by atoms with van der Waals surface area (Å²) in [5.74, 6) is -0.419. The summed E-state index contributed by atoms with van der Waals surface area (Å²) >= 11 is 0. The molecule has 16 aliphatic rings. The Morgan fingerprint density at radius 2 is 0.778 bits per heavy atom. The number of aliphatic hydroxyl groups is 1. The van der Waals surface area contributed by atoms with E-state index in [1.54, 1.807) is 0 Å². The molecule has 3 radical (unpaired) electrons. The Balaban J connectivity index is 0.000000161. The normalized spacial score (nSPS) is 44.0. The molecular weight excluding hydrogens is 930 g/mol. The molecule has 4 aliphatic heterocycles. The molecule has 1 N–H and O–H groups in total. The second-order valence-corrected chi connectivity index (χ2v) is 25.8. The minimum absolute atomic E-state index is 0. The Labute approximate surface area is 452 Å². The summed E-state index contributed by atoms with van der Waals surface area (Å²) < 4.78 is 64.4. The third-order valence-corrected chi connectivity index (χ3v) is 21.0. The van der Waals surface area contributed by atoms with Crippen molar-refractivity contribution in [2.75, 3.05) is 26.4 Å². The Morgan fingerprint density at radius 1 is 0.472 bits per heavy atom. The summed E-state index contributed by atoms with van der Waals surface area (Å²) in [7, 11) is 0. The summed E-state index contributed by atoms with van der Waals surface area (Å²) in [6, 6.07) is 0. The summed E-state index contributed by atoms with van der Waals surface area (Å²) in [5, 5.41) is 10.7. The van der Waals surface area contributed by atoms with Gasteiger partial charge >= 0.3 is 41.5 Å². The van der Waals surface area contributed by atoms with Crippen molar-refractivity contribution >= 4 is 26.1 Å². The van der Waals surface area contributed by atoms with E-state index in [1.807, 2.05) is 0 Å². The fraction of sp³-hybridized carbons (Fsp3) is 0.946. The van der Waals surface area contributed by atoms with Gasteiger partial charge in [0.2, 0.25) is 0 Å². The molecule has 72 heavy (non-hydrogen) atoms. The van der Waals surface area contributed by atoms with E-state index in [1.165, 1.54) is 25.7 Å². The molecule has 4 heterocycles. The number of ether oxygens (including phenoxy) is 10. The van der Waals surface area contributed by atoms with Gasteiger partial charge in [0.25, 0.3) is 0 Å². The van der Waals surface area contributed by atoms with E-state index in [9.17, 15) is 19.5 Å². The molecule has 0 aromatic heterocycles. The van der Waals surface area contributed by atoms with Gasteiger partial charge in [-0.05, 0) is 139 Å². The predicted octanol–water partition coefficient (Wildman–Crippen LogP) is 5.42. The van der Waals surface area contributed by atoms with Crippen molar-refractivity contribution < 1.29 is 97.8 Å². The number of rotatable bonds is 8. The smallest absolute Gasteiger partial charge is 1.00 e. The van der Waals surface area contributed by atoms with E-state index in [-0.39, 0.29) is 106 Å². The van der Waals surface area contributed by atoms with Gasteiger partial charge in [-0.15, -0.1) is 0 Å². The maximum atomic E-state index is 14.0. The molecule has 16 rings (SSSR count). The Hall–Kier alpha value is -0.685. The van der Waals surface area contributed by atoms with Gasteiger partial charge in [-0.3, -0.25) is 14.4 Å². The minimum atomic E-state index is -0.547. The number of carbonyl (C=O) groups excluding carboxylic acids is 3. The van der Waals surface area contributed by atoms with Gasteiger partial charge in [0.1, 0.15) is 30.2 Å². The van der Waals surface area contributed by atoms with Crippen LogP contribution in [0, 0.1) is 46.3 Å². The molecule has 395 valence electrons. The third-order valence-electron chi connectivity index (χ3n) is 21.0. The first-order valence-electron chi connectivity index (χ1n) is 28.9. The van der Waals surface area contributed by atoms with E-state index in [0.29, 0.717) is 56.9 Å². The van der Waals surface area contributed by atoms with Crippen molar-refractivity contribution in [3.63, 3.8) is 0 Å². The topological polar surface area (TPSA) is 164 Å². The van der Waals surface area contributed by atoms with Crippen LogP contribution in [0.25, 0.3) is 0 Å². The van der Waals surface area contributed by atoms with Gasteiger partial charge in [0.15, 0.2) is 35.4 Å². The number of aliphatic hydroxyl groups excluding tert-OH is 1. The maximum Gasteiger partial charge on any atom is 1.00 e. The standard InChI is InChI=1S/C28H42O7.C28H40O7.B.Na.H/c2*29-23-19-11-18-12-20(23)15-26(13-18,14-19)25(30)33-24(21-16-31-27(34-21)7-3-1-4-8-27)22-17-32-28(35-22)9-5-2-6-10-28;;;/h18-24,29H,1-17H2;18-22,24H,1-17H2;;;/q;;;+1;-1. The Bertz CT molecular complexity index is 1860. The van der Waals surface area contributed by atoms with E-state index < -0.39 is 46.2 Å². The van der Waals surface area contributed by atoms with Crippen molar-refractivity contribution in [1.82, 2.24) is 0 Å². The van der Waals surface area contributed by atoms with Crippen LogP contribution in [0.2, 0.25) is 0 Å². The van der Waals surface area contributed by atoms with Crippen molar-refractivity contribution in [3.8, 4) is 0 Å². The van der Waals surface area contributed by atoms with Gasteiger partial charge < -0.3 is 53.9 Å². The number of ketones is 1. The predicted molar refractivity (Wildman–Crippen MR) is 256 cm³/mol. The molecule has 8 atom stereocenters. The average molecular weight is 1010 g/mol. The van der Waals surface area contributed by atoms with Crippen molar-refractivity contribution in [2.24, 2.45) is 46.3 Å². The SMILES string of the molecule is O=C(OC(C1COC2(CCCCC2)O1)C1COC2(CCCCC2)O1)C12CC3CC(C1)C(O)C(C3)C2.O=C1C2CC3CC1CC(C(=O)OC(C1COC4(CCCCC4)O1)C1COC4(CCCCC4)O1)(C3)C2.[B].[H-].[Na+]. The van der Waals surface area contributed by atoms with Crippen molar-refractivity contribution in [3.05, 3.63) is 0 Å². The first-order chi connectivity index (χ1) is 33.9. The molecule has 12 aliphatic carbocycles. The molecule has 12 saturated carbocycles. The molecule has 0 aromatic rings. The molecule has 4 spiro atoms. The Morgan fingerprint density at radius 3 is 1.11 bits per heavy atom. The van der Waals surface area contributed by atoms with Crippen molar-refractivity contribution in [1.29, 1.82) is 0 Å². The average Bonchev–Trinajstić information content (AvgIpc) is 4.18. The summed E-state index contributed by atoms with van der Waals surface area (Å²) in [4.78, 5) is 40.6. The minimum Gasteiger partial charge on any atom is -1.00 e. The molecule has 8 unspecified atom stereocenters. The summed E-state index contributed by atoms with van der Waals surface area (Å²) in [6.45, 7) is 1.71. The zero-order valence-corrected chi connectivity index (χ0v) is 45.4. The van der Waals surface area contributed by atoms with Crippen LogP contribution in [-0.2, 0) is 61.8 Å². The molecule has 8 bridgehead atoms. The van der Waals surface area contributed by atoms with E-state index >= 15 is 0 Å². The monoisotopic (exact) mass is 1010 g/mol. The number of Topliss-reactive ketones (excluding diaryl/α,β-unsaturated/α-hetero) is 1. The van der Waals surface area contributed by atoms with E-state index in [2.05, 4.69) is 0 Å². The van der Waals surface area contributed by atoms with Crippen molar-refractivity contribution in [2.45, 2.75) is 259 Å². The largest absolute Gasteiger partial charge is 1.00 e. The van der Waals surface area contributed by atoms with Crippen LogP contribution in [0.5, 0.6) is 0 Å². The quantitative estimate of drug-likeness (QED) is 0.242. The second kappa shape index (κ2) is 20.8. The first-order valence-corrected chi connectivity index (χ1v) is 28.9. The maximum absolute atomic E-state index is 14.0. The number of hydrogen-bond acceptors (Lipinski definition) is 14. The fourth-order valence-corrected chi connectivity index (χ4v) is 17.9. The molecule has 4 saturated heterocycles. The van der Waals surface area contributed by atoms with Gasteiger partial charge in [0.05, 0.1) is 43.4 Å². The van der Waals surface area contributed by atoms with Crippen LogP contribution in [0.1, 0.15) is 194 Å². The first kappa shape index (κ1) is 53.3. The van der Waals surface area contributed by atoms with Crippen LogP contribution in [0.3, 0.4) is 0 Å². The Kier molecular flexibility index (Phi) is 15.4. The number of hydrogen-bond donors (Lipinski definition) is 1. The zero-order valence-electron chi connectivity index (χ0n) is 44.4. The molecule has 14 nitrogen and oxygen atoms in total. The summed E-state index contributed by atoms with van der Waals surface area (Å²) in [5.41, 5.74) is -0.982. The van der Waals surface area contributed by atoms with E-state index in [0.717, 1.165) is 154 Å². The molecular formula is C56H83BNaO14. The van der Waals surface area contributed by atoms with Crippen LogP contribution in [-0.4, -0.2) is 124 Å². The van der Waals surface area contributed by atoms with Gasteiger partial charge in [-0.2, -0.15) is 0 Å². The third kappa shape index (κ3) is 9.84. The van der Waals surface area contributed by atoms with Crippen LogP contribution >= 0.6 is 0 Å². The summed E-state index contributed by atoms with van der Waals surface area (Å²) in [6.07, 6.45) is 26.8. The molecule has 0 aromatic carbocycles. The molecule has 16 fully saturated rings. The number of carbonyl (C=O) groups is 3. The van der Waals surface area contributed by atoms with Gasteiger partial charge in [-0.25, -0.2) is 0 Å². The van der Waals surface area contributed by atoms with Crippen LogP contribution in [0.15, 0.2) is 0 Å². The van der Waals surface area contributed by atoms with Crippen LogP contribution < -0.4 is 29.6 Å². The van der Waals surface area contributed by atoms with E-state index in [4.69, 9.17) is 47.4 Å². The second-order valence-electron chi connectivity index (χ2n) is 25.8. The zero-order chi connectivity index (χ0) is 47.4. The molecule has 16 heteroatoms. The van der Waals surface area contributed by atoms with Gasteiger partial charge in [0, 0.05) is 71.6 Å². The van der Waals surface area contributed by atoms with Crippen LogP contribution in [0.4, 0.5) is 0 Å².